The third kappa shape index (κ3) is 3.96. The van der Waals surface area contributed by atoms with Gasteiger partial charge in [0.25, 0.3) is 17.2 Å². The lowest BCUT2D eigenvalue weighted by Crippen LogP contribution is -2.77. The van der Waals surface area contributed by atoms with Crippen molar-refractivity contribution in [1.82, 2.24) is 29.5 Å². The fourth-order valence-corrected chi connectivity index (χ4v) is 7.44. The van der Waals surface area contributed by atoms with Crippen LogP contribution >= 0.6 is 0 Å². The smallest absolute Gasteiger partial charge is 0.206 e. The molecule has 6 heterocycles. The third-order valence-corrected chi connectivity index (χ3v) is 9.66. The molecule has 6 aromatic rings. The Balaban J connectivity index is 1.58. The molecule has 0 fully saturated rings. The summed E-state index contributed by atoms with van der Waals surface area (Å²) >= 11 is 0. The minimum atomic E-state index is -4.76. The van der Waals surface area contributed by atoms with E-state index in [1.165, 1.54) is 15.8 Å². The summed E-state index contributed by atoms with van der Waals surface area (Å²) in [7, 11) is 0. The number of hydrogen-bond acceptors (Lipinski definition) is 4. The predicted molar refractivity (Wildman–Crippen MR) is 175 cm³/mol. The maximum atomic E-state index is 14.4. The van der Waals surface area contributed by atoms with E-state index >= 15 is 0 Å². The second kappa shape index (κ2) is 9.81. The highest BCUT2D eigenvalue weighted by Gasteiger charge is 2.72. The van der Waals surface area contributed by atoms with Gasteiger partial charge in [-0.1, -0.05) is 103 Å². The molecule has 48 heavy (non-hydrogen) atoms. The summed E-state index contributed by atoms with van der Waals surface area (Å²) in [5.74, 6) is -1.18. The number of pyridine rings is 2. The Labute approximate surface area is 276 Å². The summed E-state index contributed by atoms with van der Waals surface area (Å²) in [5, 5.41) is 10.8. The molecule has 2 aliphatic rings. The van der Waals surface area contributed by atoms with E-state index in [1.54, 1.807) is 11.6 Å². The summed E-state index contributed by atoms with van der Waals surface area (Å²) in [6, 6.07) is 18.4. The molecule has 2 aliphatic heterocycles. The lowest BCUT2D eigenvalue weighted by Gasteiger charge is -2.22. The maximum Gasteiger partial charge on any atom is 0.586 e. The molecule has 0 saturated carbocycles. The van der Waals surface area contributed by atoms with E-state index in [9.17, 15) is 13.2 Å². The molecule has 1 atom stereocenters. The van der Waals surface area contributed by atoms with Crippen LogP contribution in [0.1, 0.15) is 88.6 Å². The number of alkyl halides is 3. The van der Waals surface area contributed by atoms with E-state index in [-0.39, 0.29) is 23.1 Å². The monoisotopic (exact) mass is 650 g/mol. The minimum absolute atomic E-state index is 0.102. The summed E-state index contributed by atoms with van der Waals surface area (Å²) in [5.41, 5.74) is 6.60. The lowest BCUT2D eigenvalue weighted by atomic mass is 9.84. The van der Waals surface area contributed by atoms with Crippen LogP contribution in [0.25, 0.3) is 44.9 Å². The molecule has 8 nitrogen and oxygen atoms in total. The van der Waals surface area contributed by atoms with Crippen molar-refractivity contribution in [2.75, 3.05) is 0 Å². The van der Waals surface area contributed by atoms with Gasteiger partial charge in [0.1, 0.15) is 5.82 Å². The van der Waals surface area contributed by atoms with Crippen LogP contribution in [0.15, 0.2) is 67.0 Å². The molecule has 0 saturated heterocycles. The van der Waals surface area contributed by atoms with Crippen LogP contribution in [0.5, 0.6) is 0 Å². The maximum absolute atomic E-state index is 14.4. The Morgan fingerprint density at radius 1 is 0.771 bits per heavy atom. The molecule has 1 unspecified atom stereocenters. The van der Waals surface area contributed by atoms with E-state index in [0.717, 1.165) is 33.2 Å². The van der Waals surface area contributed by atoms with Crippen LogP contribution in [0.4, 0.5) is 13.2 Å². The zero-order valence-corrected chi connectivity index (χ0v) is 28.2. The van der Waals surface area contributed by atoms with Gasteiger partial charge < -0.3 is 0 Å². The Morgan fingerprint density at radius 3 is 2.04 bits per heavy atom. The fraction of sp³-hybridized carbons (Fsp3) is 0.351. The van der Waals surface area contributed by atoms with Crippen LogP contribution in [0.3, 0.4) is 0 Å². The molecule has 11 heteroatoms. The number of rotatable bonds is 3. The molecule has 0 aliphatic carbocycles. The van der Waals surface area contributed by atoms with Gasteiger partial charge >= 0.3 is 12.1 Å². The molecule has 0 N–H and O–H groups in total. The molecule has 0 bridgehead atoms. The van der Waals surface area contributed by atoms with E-state index < -0.39 is 17.9 Å². The van der Waals surface area contributed by atoms with Gasteiger partial charge in [0.05, 0.1) is 10.9 Å². The average molecular weight is 651 g/mol. The molecule has 0 radical (unpaired) electrons. The summed E-state index contributed by atoms with van der Waals surface area (Å²) in [4.78, 5) is 9.03. The first-order chi connectivity index (χ1) is 22.6. The first kappa shape index (κ1) is 30.4. The molecule has 244 valence electrons. The number of fused-ring (bicyclic) bond motifs is 12. The Kier molecular flexibility index (Phi) is 6.21. The van der Waals surface area contributed by atoms with Crippen molar-refractivity contribution in [2.45, 2.75) is 84.7 Å². The zero-order chi connectivity index (χ0) is 34.1. The lowest BCUT2D eigenvalue weighted by molar-refractivity contribution is -0.990. The fourth-order valence-electron chi connectivity index (χ4n) is 7.44. The van der Waals surface area contributed by atoms with Crippen molar-refractivity contribution in [3.05, 3.63) is 95.3 Å². The highest BCUT2D eigenvalue weighted by atomic mass is 19.4. The Morgan fingerprint density at radius 2 is 1.42 bits per heavy atom. The van der Waals surface area contributed by atoms with Gasteiger partial charge in [-0.3, -0.25) is 0 Å². The Hall–Kier alpha value is -4.93. The number of aromatic nitrogens is 8. The van der Waals surface area contributed by atoms with Gasteiger partial charge in [-0.05, 0) is 52.5 Å². The van der Waals surface area contributed by atoms with Crippen LogP contribution in [0.2, 0.25) is 0 Å². The zero-order valence-electron chi connectivity index (χ0n) is 28.2. The van der Waals surface area contributed by atoms with E-state index in [4.69, 9.17) is 10.1 Å². The molecule has 4 aromatic heterocycles. The summed E-state index contributed by atoms with van der Waals surface area (Å²) in [6.45, 7) is 16.9. The van der Waals surface area contributed by atoms with Gasteiger partial charge in [-0.2, -0.15) is 18.2 Å². The van der Waals surface area contributed by atoms with Gasteiger partial charge in [0.15, 0.2) is 12.4 Å². The van der Waals surface area contributed by atoms with Gasteiger partial charge in [-0.15, -0.1) is 10.2 Å². The van der Waals surface area contributed by atoms with Gasteiger partial charge in [0.2, 0.25) is 11.6 Å². The number of benzene rings is 2. The Bertz CT molecular complexity index is 2280. The third-order valence-electron chi connectivity index (χ3n) is 9.66. The van der Waals surface area contributed by atoms with E-state index in [2.05, 4.69) is 89.0 Å². The molecule has 8 rings (SSSR count). The topological polar surface area (TPSA) is 69.2 Å². The van der Waals surface area contributed by atoms with Crippen molar-refractivity contribution < 1.29 is 22.3 Å². The summed E-state index contributed by atoms with van der Waals surface area (Å²) < 4.78 is 50.3. The van der Waals surface area contributed by atoms with Crippen molar-refractivity contribution in [3.63, 3.8) is 0 Å². The molecule has 2 aromatic carbocycles. The highest BCUT2D eigenvalue weighted by molar-refractivity contribution is 6.02. The van der Waals surface area contributed by atoms with E-state index in [0.29, 0.717) is 17.3 Å². The first-order valence-corrected chi connectivity index (χ1v) is 16.3. The van der Waals surface area contributed by atoms with Crippen molar-refractivity contribution in [3.8, 4) is 34.2 Å². The highest BCUT2D eigenvalue weighted by Crippen LogP contribution is 2.45. The molecular weight excluding hydrogens is 613 g/mol. The first-order valence-electron chi connectivity index (χ1n) is 16.3. The van der Waals surface area contributed by atoms with Crippen molar-refractivity contribution in [2.24, 2.45) is 0 Å². The standard InChI is InChI=1S/C37H37F3N8/c1-20(2)24-14-11-15-25(21(3)4)30(24)28-19-46-31(27-13-10-9-12-26(27)28)33-42-34(36(38,39)40)44-48(33)37(46)45-17-16-23(35(6,7)8)18-29(45)32-41-22(5)43-47(32)37/h9-21H,1-8H3/q+2. The van der Waals surface area contributed by atoms with Crippen LogP contribution in [-0.2, 0) is 17.5 Å². The van der Waals surface area contributed by atoms with Crippen LogP contribution < -0.4 is 9.13 Å². The molecular formula is C37H37F3N8+2. The number of nitrogens with zero attached hydrogens (tertiary/aromatic N) is 8. The summed E-state index contributed by atoms with van der Waals surface area (Å²) in [6.07, 6.45) is -0.779. The SMILES string of the molecule is Cc1nc2n(n1)C1(n3nc(C(F)(F)F)nc3-c3c4ccccc4c(-c4c(C(C)C)cccc4C(C)C)c[n+]31)[n+]1ccc(C(C)(C)C)cc1-2. The largest absolute Gasteiger partial charge is 0.586 e. The molecule has 0 amide bonds. The predicted octanol–water partition coefficient (Wildman–Crippen LogP) is 7.31. The van der Waals surface area contributed by atoms with Crippen LogP contribution in [-0.4, -0.2) is 29.5 Å². The minimum Gasteiger partial charge on any atom is -0.206 e. The number of halogens is 3. The second-order valence-electron chi connectivity index (χ2n) is 14.5. The number of hydrogen-bond donors (Lipinski definition) is 0. The van der Waals surface area contributed by atoms with E-state index in [1.807, 2.05) is 45.7 Å². The van der Waals surface area contributed by atoms with Gasteiger partial charge in [0, 0.05) is 17.5 Å². The molecule has 1 spiro atoms. The van der Waals surface area contributed by atoms with Crippen molar-refractivity contribution >= 4 is 10.8 Å². The number of aryl methyl sites for hydroxylation is 1. The average Bonchev–Trinajstić information content (AvgIpc) is 3.75. The quantitative estimate of drug-likeness (QED) is 0.188. The second-order valence-corrected chi connectivity index (χ2v) is 14.5. The van der Waals surface area contributed by atoms with Crippen molar-refractivity contribution in [1.29, 1.82) is 0 Å². The van der Waals surface area contributed by atoms with Gasteiger partial charge in [-0.25, -0.2) is 4.98 Å². The normalized spacial score (nSPS) is 16.7. The van der Waals surface area contributed by atoms with Crippen LogP contribution in [0, 0.1) is 6.92 Å².